The number of hydrogen-bond acceptors (Lipinski definition) is 4. The topological polar surface area (TPSA) is 92.0 Å². The molecule has 0 saturated carbocycles. The summed E-state index contributed by atoms with van der Waals surface area (Å²) in [5.41, 5.74) is 0.0223. The fourth-order valence-corrected chi connectivity index (χ4v) is 1.03. The summed E-state index contributed by atoms with van der Waals surface area (Å²) in [5.74, 6) is 0.242. The van der Waals surface area contributed by atoms with Gasteiger partial charge in [0.1, 0.15) is 5.69 Å². The molecule has 2 aromatic heterocycles. The lowest BCUT2D eigenvalue weighted by molar-refractivity contribution is 0.0691. The number of carboxylic acids is 1. The maximum atomic E-state index is 10.5. The average molecular weight is 193 g/mol. The van der Waals surface area contributed by atoms with Crippen molar-refractivity contribution < 1.29 is 14.3 Å². The molecule has 0 bridgehead atoms. The number of carbonyl (C=O) groups is 1. The molecule has 0 radical (unpaired) electrons. The molecule has 0 amide bonds. The fraction of sp³-hybridized carbons (Fsp3) is 0.125. The number of aromatic carboxylic acids is 1. The Hall–Kier alpha value is -2.11. The Morgan fingerprint density at radius 3 is 2.79 bits per heavy atom. The zero-order chi connectivity index (χ0) is 10.1. The molecule has 2 N–H and O–H groups in total. The molecule has 0 saturated heterocycles. The van der Waals surface area contributed by atoms with Gasteiger partial charge in [0.25, 0.3) is 0 Å². The second-order valence-electron chi connectivity index (χ2n) is 2.69. The van der Waals surface area contributed by atoms with Crippen LogP contribution in [-0.4, -0.2) is 26.0 Å². The van der Waals surface area contributed by atoms with Crippen LogP contribution >= 0.6 is 0 Å². The van der Waals surface area contributed by atoms with Crippen LogP contribution < -0.4 is 0 Å². The molecule has 0 aliphatic rings. The number of aryl methyl sites for hydroxylation is 1. The van der Waals surface area contributed by atoms with Crippen molar-refractivity contribution in [3.63, 3.8) is 0 Å². The minimum atomic E-state index is -1.06. The zero-order valence-corrected chi connectivity index (χ0v) is 7.31. The highest BCUT2D eigenvalue weighted by molar-refractivity contribution is 5.85. The molecule has 2 heterocycles. The zero-order valence-electron chi connectivity index (χ0n) is 7.31. The second kappa shape index (κ2) is 2.99. The van der Waals surface area contributed by atoms with Gasteiger partial charge in [-0.15, -0.1) is 0 Å². The summed E-state index contributed by atoms with van der Waals surface area (Å²) < 4.78 is 5.16. The molecule has 72 valence electrons. The minimum Gasteiger partial charge on any atom is -0.477 e. The van der Waals surface area contributed by atoms with E-state index in [0.717, 1.165) is 0 Å². The highest BCUT2D eigenvalue weighted by atomic mass is 16.4. The van der Waals surface area contributed by atoms with Gasteiger partial charge in [0.2, 0.25) is 0 Å². The highest BCUT2D eigenvalue weighted by Crippen LogP contribution is 2.16. The minimum absolute atomic E-state index is 0.0223. The van der Waals surface area contributed by atoms with Crippen molar-refractivity contribution in [2.24, 2.45) is 0 Å². The summed E-state index contributed by atoms with van der Waals surface area (Å²) in [6.45, 7) is 1.70. The molecule has 0 aromatic carbocycles. The number of imidazole rings is 1. The van der Waals surface area contributed by atoms with Crippen LogP contribution in [0, 0.1) is 6.92 Å². The predicted molar refractivity (Wildman–Crippen MR) is 45.8 cm³/mol. The Morgan fingerprint density at radius 2 is 2.29 bits per heavy atom. The normalized spacial score (nSPS) is 10.4. The van der Waals surface area contributed by atoms with Crippen LogP contribution in [0.2, 0.25) is 0 Å². The van der Waals surface area contributed by atoms with Gasteiger partial charge in [-0.1, -0.05) is 0 Å². The molecule has 6 heteroatoms. The van der Waals surface area contributed by atoms with Gasteiger partial charge >= 0.3 is 5.97 Å². The largest absolute Gasteiger partial charge is 0.477 e. The first kappa shape index (κ1) is 8.49. The van der Waals surface area contributed by atoms with Gasteiger partial charge in [-0.05, 0) is 0 Å². The first-order valence-electron chi connectivity index (χ1n) is 3.88. The summed E-state index contributed by atoms with van der Waals surface area (Å²) in [6.07, 6.45) is 2.72. The number of nitrogens with zero attached hydrogens (tertiary/aromatic N) is 2. The van der Waals surface area contributed by atoms with Crippen molar-refractivity contribution in [3.8, 4) is 11.6 Å². The summed E-state index contributed by atoms with van der Waals surface area (Å²) >= 11 is 0. The Bertz CT molecular complexity index is 472. The van der Waals surface area contributed by atoms with E-state index < -0.39 is 5.97 Å². The van der Waals surface area contributed by atoms with Crippen LogP contribution in [0.15, 0.2) is 16.8 Å². The van der Waals surface area contributed by atoms with Crippen molar-refractivity contribution >= 4 is 5.97 Å². The third-order valence-electron chi connectivity index (χ3n) is 1.66. The van der Waals surface area contributed by atoms with Gasteiger partial charge in [0.05, 0.1) is 12.4 Å². The van der Waals surface area contributed by atoms with Crippen molar-refractivity contribution in [3.05, 3.63) is 24.0 Å². The van der Waals surface area contributed by atoms with E-state index in [1.165, 1.54) is 12.4 Å². The SMILES string of the molecule is Cc1ncc(-c2ncc(C(=O)O)[nH]2)o1. The smallest absolute Gasteiger partial charge is 0.353 e. The fourth-order valence-electron chi connectivity index (χ4n) is 1.03. The van der Waals surface area contributed by atoms with E-state index in [4.69, 9.17) is 9.52 Å². The van der Waals surface area contributed by atoms with Crippen LogP contribution in [0.25, 0.3) is 11.6 Å². The monoisotopic (exact) mass is 193 g/mol. The van der Waals surface area contributed by atoms with Crippen molar-refractivity contribution in [2.75, 3.05) is 0 Å². The first-order valence-corrected chi connectivity index (χ1v) is 3.88. The third kappa shape index (κ3) is 1.37. The van der Waals surface area contributed by atoms with Gasteiger partial charge in [-0.3, -0.25) is 0 Å². The van der Waals surface area contributed by atoms with Gasteiger partial charge < -0.3 is 14.5 Å². The quantitative estimate of drug-likeness (QED) is 0.744. The summed E-state index contributed by atoms with van der Waals surface area (Å²) in [4.78, 5) is 20.9. The van der Waals surface area contributed by atoms with Crippen molar-refractivity contribution in [1.82, 2.24) is 15.0 Å². The molecule has 0 aliphatic heterocycles. The van der Waals surface area contributed by atoms with E-state index in [2.05, 4.69) is 15.0 Å². The molecule has 2 rings (SSSR count). The number of rotatable bonds is 2. The standard InChI is InChI=1S/C8H7N3O3/c1-4-9-3-6(14-4)7-10-2-5(11-7)8(12)13/h2-3H,1H3,(H,10,11)(H,12,13). The Balaban J connectivity index is 2.38. The van der Waals surface area contributed by atoms with Crippen LogP contribution in [-0.2, 0) is 0 Å². The van der Waals surface area contributed by atoms with Crippen LogP contribution in [0.1, 0.15) is 16.4 Å². The third-order valence-corrected chi connectivity index (χ3v) is 1.66. The second-order valence-corrected chi connectivity index (χ2v) is 2.69. The van der Waals surface area contributed by atoms with Gasteiger partial charge in [0.15, 0.2) is 17.5 Å². The maximum Gasteiger partial charge on any atom is 0.353 e. The first-order chi connectivity index (χ1) is 6.66. The molecular formula is C8H7N3O3. The van der Waals surface area contributed by atoms with Gasteiger partial charge in [-0.25, -0.2) is 14.8 Å². The molecular weight excluding hydrogens is 186 g/mol. The number of aromatic amines is 1. The molecule has 0 aliphatic carbocycles. The summed E-state index contributed by atoms with van der Waals surface area (Å²) in [6, 6.07) is 0. The molecule has 6 nitrogen and oxygen atoms in total. The van der Waals surface area contributed by atoms with Gasteiger partial charge in [-0.2, -0.15) is 0 Å². The predicted octanol–water partition coefficient (Wildman–Crippen LogP) is 1.07. The van der Waals surface area contributed by atoms with E-state index >= 15 is 0 Å². The van der Waals surface area contributed by atoms with Crippen LogP contribution in [0.3, 0.4) is 0 Å². The number of nitrogens with one attached hydrogen (secondary N) is 1. The highest BCUT2D eigenvalue weighted by Gasteiger charge is 2.11. The van der Waals surface area contributed by atoms with Crippen molar-refractivity contribution in [2.45, 2.75) is 6.92 Å². The van der Waals surface area contributed by atoms with Crippen molar-refractivity contribution in [1.29, 1.82) is 0 Å². The number of hydrogen-bond donors (Lipinski definition) is 2. The summed E-state index contributed by atoms with van der Waals surface area (Å²) in [7, 11) is 0. The lowest BCUT2D eigenvalue weighted by atomic mass is 10.5. The molecule has 0 spiro atoms. The lowest BCUT2D eigenvalue weighted by Crippen LogP contribution is -1.95. The van der Waals surface area contributed by atoms with E-state index in [0.29, 0.717) is 17.5 Å². The summed E-state index contributed by atoms with van der Waals surface area (Å²) in [5, 5.41) is 8.63. The maximum absolute atomic E-state index is 10.5. The number of H-pyrrole nitrogens is 1. The van der Waals surface area contributed by atoms with Crippen LogP contribution in [0.5, 0.6) is 0 Å². The van der Waals surface area contributed by atoms with Gasteiger partial charge in [0, 0.05) is 6.92 Å². The number of aromatic nitrogens is 3. The number of carboxylic acid groups (broad SMARTS) is 1. The van der Waals surface area contributed by atoms with E-state index in [-0.39, 0.29) is 5.69 Å². The van der Waals surface area contributed by atoms with E-state index in [1.54, 1.807) is 6.92 Å². The Kier molecular flexibility index (Phi) is 1.81. The van der Waals surface area contributed by atoms with E-state index in [1.807, 2.05) is 0 Å². The Labute approximate surface area is 78.6 Å². The average Bonchev–Trinajstić information content (AvgIpc) is 2.70. The molecule has 0 unspecified atom stereocenters. The molecule has 0 fully saturated rings. The molecule has 14 heavy (non-hydrogen) atoms. The number of oxazole rings is 1. The molecule has 0 atom stereocenters. The van der Waals surface area contributed by atoms with Crippen LogP contribution in [0.4, 0.5) is 0 Å². The lowest BCUT2D eigenvalue weighted by Gasteiger charge is -1.87. The molecule has 2 aromatic rings. The Morgan fingerprint density at radius 1 is 1.50 bits per heavy atom. The van der Waals surface area contributed by atoms with E-state index in [9.17, 15) is 4.79 Å².